The molecule has 0 saturated carbocycles. The fraction of sp³-hybridized carbons (Fsp3) is 0.421. The summed E-state index contributed by atoms with van der Waals surface area (Å²) in [7, 11) is -3.54. The number of carbonyl (C=O) groups excluding carboxylic acids is 1. The fourth-order valence-corrected chi connectivity index (χ4v) is 5.99. The molecule has 1 aromatic carbocycles. The summed E-state index contributed by atoms with van der Waals surface area (Å²) in [6, 6.07) is 8.95. The number of hydrogen-bond donors (Lipinski definition) is 1. The van der Waals surface area contributed by atoms with Crippen molar-refractivity contribution in [2.24, 2.45) is 0 Å². The average molecular weight is 478 g/mol. The Labute approximate surface area is 182 Å². The van der Waals surface area contributed by atoms with Crippen molar-refractivity contribution in [2.45, 2.75) is 24.0 Å². The summed E-state index contributed by atoms with van der Waals surface area (Å²) >= 11 is 1.22. The maximum Gasteiger partial charge on any atom is 0.573 e. The van der Waals surface area contributed by atoms with Crippen LogP contribution in [-0.4, -0.2) is 62.6 Å². The molecule has 12 heteroatoms. The summed E-state index contributed by atoms with van der Waals surface area (Å²) in [6.45, 7) is 3.03. The largest absolute Gasteiger partial charge is 0.573 e. The van der Waals surface area contributed by atoms with Crippen molar-refractivity contribution in [2.75, 3.05) is 32.7 Å². The van der Waals surface area contributed by atoms with E-state index in [1.165, 1.54) is 33.8 Å². The third kappa shape index (κ3) is 6.42. The highest BCUT2D eigenvalue weighted by molar-refractivity contribution is 7.91. The first-order valence-corrected chi connectivity index (χ1v) is 11.7. The third-order valence-corrected chi connectivity index (χ3v) is 8.05. The van der Waals surface area contributed by atoms with Crippen molar-refractivity contribution in [3.8, 4) is 5.75 Å². The van der Waals surface area contributed by atoms with Crippen LogP contribution in [0.2, 0.25) is 0 Å². The maximum atomic E-state index is 12.7. The minimum Gasteiger partial charge on any atom is -0.405 e. The molecule has 2 heterocycles. The molecule has 1 N–H and O–H groups in total. The second kappa shape index (κ2) is 9.55. The van der Waals surface area contributed by atoms with Crippen molar-refractivity contribution in [3.63, 3.8) is 0 Å². The number of sulfonamides is 1. The lowest BCUT2D eigenvalue weighted by atomic mass is 10.2. The molecule has 1 aliphatic rings. The monoisotopic (exact) mass is 477 g/mol. The van der Waals surface area contributed by atoms with E-state index in [1.54, 1.807) is 23.1 Å². The Bertz CT molecular complexity index is 1020. The highest BCUT2D eigenvalue weighted by Crippen LogP contribution is 2.26. The molecule has 7 nitrogen and oxygen atoms in total. The molecule has 0 bridgehead atoms. The zero-order valence-electron chi connectivity index (χ0n) is 16.7. The predicted molar refractivity (Wildman–Crippen MR) is 109 cm³/mol. The first-order chi connectivity index (χ1) is 14.5. The maximum absolute atomic E-state index is 12.7. The SMILES string of the molecule is Cc1ccc(S(=O)(=O)N2CCN(CC(=O)NCc3ccccc3OC(F)(F)F)CC2)s1. The summed E-state index contributed by atoms with van der Waals surface area (Å²) in [5, 5.41) is 2.58. The first-order valence-electron chi connectivity index (χ1n) is 9.44. The van der Waals surface area contributed by atoms with Gasteiger partial charge in [-0.3, -0.25) is 9.69 Å². The van der Waals surface area contributed by atoms with Crippen molar-refractivity contribution in [3.05, 3.63) is 46.8 Å². The zero-order chi connectivity index (χ0) is 22.6. The van der Waals surface area contributed by atoms with Gasteiger partial charge < -0.3 is 10.1 Å². The Kier molecular flexibility index (Phi) is 7.24. The molecular formula is C19H22F3N3O4S2. The smallest absolute Gasteiger partial charge is 0.405 e. The minimum absolute atomic E-state index is 0.0221. The normalized spacial score (nSPS) is 16.3. The average Bonchev–Trinajstić information content (AvgIpc) is 3.14. The van der Waals surface area contributed by atoms with Crippen LogP contribution in [0.4, 0.5) is 13.2 Å². The Balaban J connectivity index is 1.49. The Morgan fingerprint density at radius 1 is 1.13 bits per heavy atom. The number of carbonyl (C=O) groups is 1. The number of halogens is 3. The molecule has 1 saturated heterocycles. The second-order valence-electron chi connectivity index (χ2n) is 6.98. The van der Waals surface area contributed by atoms with Crippen LogP contribution >= 0.6 is 11.3 Å². The Morgan fingerprint density at radius 2 is 1.81 bits per heavy atom. The lowest BCUT2D eigenvalue weighted by Gasteiger charge is -2.33. The van der Waals surface area contributed by atoms with Gasteiger partial charge in [0.2, 0.25) is 5.91 Å². The van der Waals surface area contributed by atoms with Gasteiger partial charge in [-0.2, -0.15) is 4.31 Å². The zero-order valence-corrected chi connectivity index (χ0v) is 18.3. The van der Waals surface area contributed by atoms with Gasteiger partial charge in [-0.1, -0.05) is 18.2 Å². The first kappa shape index (κ1) is 23.5. The number of piperazine rings is 1. The molecule has 1 aliphatic heterocycles. The van der Waals surface area contributed by atoms with Crippen LogP contribution < -0.4 is 10.1 Å². The van der Waals surface area contributed by atoms with Gasteiger partial charge in [-0.05, 0) is 25.1 Å². The van der Waals surface area contributed by atoms with Gasteiger partial charge in [0.1, 0.15) is 9.96 Å². The van der Waals surface area contributed by atoms with E-state index in [1.807, 2.05) is 6.92 Å². The molecule has 0 atom stereocenters. The van der Waals surface area contributed by atoms with E-state index in [-0.39, 0.29) is 43.4 Å². The number of aryl methyl sites for hydroxylation is 1. The number of nitrogens with zero attached hydrogens (tertiary/aromatic N) is 2. The van der Waals surface area contributed by atoms with Gasteiger partial charge in [0.05, 0.1) is 6.54 Å². The highest BCUT2D eigenvalue weighted by Gasteiger charge is 2.32. The number of alkyl halides is 3. The lowest BCUT2D eigenvalue weighted by Crippen LogP contribution is -2.50. The molecule has 0 aliphatic carbocycles. The molecule has 0 radical (unpaired) electrons. The molecule has 170 valence electrons. The number of hydrogen-bond acceptors (Lipinski definition) is 6. The molecule has 1 aromatic heterocycles. The van der Waals surface area contributed by atoms with E-state index in [4.69, 9.17) is 0 Å². The molecule has 0 spiro atoms. The van der Waals surface area contributed by atoms with E-state index < -0.39 is 16.4 Å². The molecule has 31 heavy (non-hydrogen) atoms. The summed E-state index contributed by atoms with van der Waals surface area (Å²) in [5.41, 5.74) is 0.204. The molecule has 3 rings (SSSR count). The number of benzene rings is 1. The Hall–Kier alpha value is -2.15. The summed E-state index contributed by atoms with van der Waals surface area (Å²) in [6.07, 6.45) is -4.82. The van der Waals surface area contributed by atoms with Crippen LogP contribution in [0.15, 0.2) is 40.6 Å². The molecule has 0 unspecified atom stereocenters. The third-order valence-electron chi connectivity index (χ3n) is 4.68. The van der Waals surface area contributed by atoms with Crippen LogP contribution in [0, 0.1) is 6.92 Å². The number of ether oxygens (including phenoxy) is 1. The van der Waals surface area contributed by atoms with Gasteiger partial charge in [0, 0.05) is 43.2 Å². The van der Waals surface area contributed by atoms with E-state index >= 15 is 0 Å². The summed E-state index contributed by atoms with van der Waals surface area (Å²) in [4.78, 5) is 15.0. The van der Waals surface area contributed by atoms with Crippen molar-refractivity contribution in [1.82, 2.24) is 14.5 Å². The topological polar surface area (TPSA) is 79.0 Å². The van der Waals surface area contributed by atoms with E-state index in [2.05, 4.69) is 10.1 Å². The number of thiophene rings is 1. The summed E-state index contributed by atoms with van der Waals surface area (Å²) in [5.74, 6) is -0.732. The van der Waals surface area contributed by atoms with Crippen LogP contribution in [0.1, 0.15) is 10.4 Å². The van der Waals surface area contributed by atoms with Crippen LogP contribution in [0.3, 0.4) is 0 Å². The van der Waals surface area contributed by atoms with E-state index in [0.29, 0.717) is 17.3 Å². The standard InChI is InChI=1S/C19H22F3N3O4S2/c1-14-6-7-18(30-14)31(27,28)25-10-8-24(9-11-25)13-17(26)23-12-15-4-2-3-5-16(15)29-19(20,21)22/h2-7H,8-13H2,1H3,(H,23,26). The van der Waals surface area contributed by atoms with Crippen LogP contribution in [0.25, 0.3) is 0 Å². The van der Waals surface area contributed by atoms with Gasteiger partial charge in [0.15, 0.2) is 0 Å². The van der Waals surface area contributed by atoms with Crippen molar-refractivity contribution in [1.29, 1.82) is 0 Å². The molecule has 2 aromatic rings. The Morgan fingerprint density at radius 3 is 2.42 bits per heavy atom. The van der Waals surface area contributed by atoms with Crippen molar-refractivity contribution < 1.29 is 31.1 Å². The predicted octanol–water partition coefficient (Wildman–Crippen LogP) is 2.58. The highest BCUT2D eigenvalue weighted by atomic mass is 32.2. The fourth-order valence-electron chi connectivity index (χ4n) is 3.13. The number of para-hydroxylation sites is 1. The van der Waals surface area contributed by atoms with Gasteiger partial charge in [-0.15, -0.1) is 24.5 Å². The van der Waals surface area contributed by atoms with Gasteiger partial charge in [-0.25, -0.2) is 8.42 Å². The van der Waals surface area contributed by atoms with E-state index in [0.717, 1.165) is 4.88 Å². The summed E-state index contributed by atoms with van der Waals surface area (Å²) < 4.78 is 68.5. The van der Waals surface area contributed by atoms with Gasteiger partial charge >= 0.3 is 6.36 Å². The molecule has 1 amide bonds. The lowest BCUT2D eigenvalue weighted by molar-refractivity contribution is -0.274. The van der Waals surface area contributed by atoms with Crippen LogP contribution in [-0.2, 0) is 21.4 Å². The second-order valence-corrected chi connectivity index (χ2v) is 10.4. The van der Waals surface area contributed by atoms with E-state index in [9.17, 15) is 26.4 Å². The van der Waals surface area contributed by atoms with Crippen LogP contribution in [0.5, 0.6) is 5.75 Å². The number of nitrogens with one attached hydrogen (secondary N) is 1. The van der Waals surface area contributed by atoms with Gasteiger partial charge in [0.25, 0.3) is 10.0 Å². The number of amides is 1. The van der Waals surface area contributed by atoms with Crippen molar-refractivity contribution >= 4 is 27.3 Å². The number of rotatable bonds is 7. The molecular weight excluding hydrogens is 455 g/mol. The molecule has 1 fully saturated rings. The minimum atomic E-state index is -4.82. The quantitative estimate of drug-likeness (QED) is 0.663.